The lowest BCUT2D eigenvalue weighted by molar-refractivity contribution is -0.123. The van der Waals surface area contributed by atoms with E-state index < -0.39 is 15.9 Å². The second-order valence-corrected chi connectivity index (χ2v) is 6.97. The number of fused-ring (bicyclic) bond motifs is 1. The van der Waals surface area contributed by atoms with E-state index in [2.05, 4.69) is 4.99 Å². The van der Waals surface area contributed by atoms with Crippen molar-refractivity contribution in [2.45, 2.75) is 18.2 Å². The molecule has 7 nitrogen and oxygen atoms in total. The van der Waals surface area contributed by atoms with Gasteiger partial charge in [0.1, 0.15) is 5.71 Å². The fraction of sp³-hybridized carbons (Fsp3) is 0.118. The van der Waals surface area contributed by atoms with Crippen molar-refractivity contribution in [1.82, 2.24) is 0 Å². The number of primary sulfonamides is 1. The van der Waals surface area contributed by atoms with Gasteiger partial charge >= 0.3 is 0 Å². The minimum atomic E-state index is -3.80. The maximum Gasteiger partial charge on any atom is 0.284 e. The Labute approximate surface area is 144 Å². The molecule has 0 aliphatic carbocycles. The van der Waals surface area contributed by atoms with Crippen LogP contribution in [0.25, 0.3) is 0 Å². The molecule has 1 aliphatic rings. The number of aliphatic imine (C=N–C) groups is 1. The molecule has 128 valence electrons. The van der Waals surface area contributed by atoms with Crippen LogP contribution in [0.5, 0.6) is 0 Å². The number of imide groups is 1. The normalized spacial score (nSPS) is 15.5. The highest BCUT2D eigenvalue weighted by Crippen LogP contribution is 2.31. The number of anilines is 1. The fourth-order valence-electron chi connectivity index (χ4n) is 2.55. The van der Waals surface area contributed by atoms with Gasteiger partial charge in [0.15, 0.2) is 0 Å². The van der Waals surface area contributed by atoms with E-state index >= 15 is 0 Å². The average molecular weight is 357 g/mol. The van der Waals surface area contributed by atoms with Gasteiger partial charge in [-0.25, -0.2) is 23.4 Å². The summed E-state index contributed by atoms with van der Waals surface area (Å²) in [5.41, 5.74) is 1.58. The fourth-order valence-corrected chi connectivity index (χ4v) is 3.07. The lowest BCUT2D eigenvalue weighted by Gasteiger charge is -2.13. The number of amides is 2. The molecule has 0 saturated heterocycles. The van der Waals surface area contributed by atoms with E-state index in [-0.39, 0.29) is 22.9 Å². The van der Waals surface area contributed by atoms with Crippen molar-refractivity contribution in [2.75, 3.05) is 4.90 Å². The molecule has 0 radical (unpaired) electrons. The van der Waals surface area contributed by atoms with Crippen LogP contribution < -0.4 is 10.0 Å². The van der Waals surface area contributed by atoms with Crippen LogP contribution in [-0.4, -0.2) is 25.9 Å². The molecule has 2 aromatic carbocycles. The van der Waals surface area contributed by atoms with Crippen molar-refractivity contribution in [3.8, 4) is 0 Å². The first kappa shape index (κ1) is 17.0. The molecule has 0 bridgehead atoms. The molecule has 0 fully saturated rings. The first-order valence-electron chi connectivity index (χ1n) is 7.51. The van der Waals surface area contributed by atoms with Gasteiger partial charge in [-0.1, -0.05) is 25.1 Å². The highest BCUT2D eigenvalue weighted by atomic mass is 32.2. The molecule has 0 atom stereocenters. The van der Waals surface area contributed by atoms with Crippen molar-refractivity contribution in [3.05, 3.63) is 54.1 Å². The van der Waals surface area contributed by atoms with Crippen molar-refractivity contribution in [3.63, 3.8) is 0 Å². The van der Waals surface area contributed by atoms with Gasteiger partial charge < -0.3 is 0 Å². The van der Waals surface area contributed by atoms with E-state index in [1.165, 1.54) is 24.3 Å². The van der Waals surface area contributed by atoms with E-state index in [4.69, 9.17) is 5.14 Å². The quantitative estimate of drug-likeness (QED) is 0.902. The van der Waals surface area contributed by atoms with Gasteiger partial charge in [-0.05, 0) is 30.3 Å². The number of carbonyl (C=O) groups excluding carboxylic acids is 2. The van der Waals surface area contributed by atoms with E-state index in [9.17, 15) is 18.0 Å². The summed E-state index contributed by atoms with van der Waals surface area (Å²) in [6, 6.07) is 12.4. The van der Waals surface area contributed by atoms with Gasteiger partial charge in [0, 0.05) is 12.0 Å². The van der Waals surface area contributed by atoms with Gasteiger partial charge in [-0.2, -0.15) is 0 Å². The summed E-state index contributed by atoms with van der Waals surface area (Å²) in [5.74, 6) is -0.809. The lowest BCUT2D eigenvalue weighted by Crippen LogP contribution is -2.35. The van der Waals surface area contributed by atoms with Crippen LogP contribution in [-0.2, 0) is 19.6 Å². The first-order chi connectivity index (χ1) is 11.8. The number of para-hydroxylation sites is 1. The number of nitrogens with two attached hydrogens (primary N) is 1. The third-order valence-corrected chi connectivity index (χ3v) is 4.69. The predicted octanol–water partition coefficient (Wildman–Crippen LogP) is 1.74. The molecule has 2 amide bonds. The van der Waals surface area contributed by atoms with Gasteiger partial charge in [0.2, 0.25) is 15.9 Å². The Morgan fingerprint density at radius 1 is 1.12 bits per heavy atom. The smallest absolute Gasteiger partial charge is 0.274 e. The van der Waals surface area contributed by atoms with E-state index in [1.54, 1.807) is 31.2 Å². The van der Waals surface area contributed by atoms with Gasteiger partial charge in [0.05, 0.1) is 16.3 Å². The summed E-state index contributed by atoms with van der Waals surface area (Å²) in [5, 5.41) is 5.06. The van der Waals surface area contributed by atoms with Crippen LogP contribution in [0.1, 0.15) is 18.9 Å². The van der Waals surface area contributed by atoms with Crippen LogP contribution in [0.15, 0.2) is 58.4 Å². The summed E-state index contributed by atoms with van der Waals surface area (Å²) < 4.78 is 22.6. The summed E-state index contributed by atoms with van der Waals surface area (Å²) >= 11 is 0. The second kappa shape index (κ2) is 6.23. The molecule has 25 heavy (non-hydrogen) atoms. The maximum atomic E-state index is 12.7. The number of benzene rings is 2. The van der Waals surface area contributed by atoms with Crippen LogP contribution in [0.4, 0.5) is 11.4 Å². The molecule has 1 heterocycles. The highest BCUT2D eigenvalue weighted by Gasteiger charge is 2.37. The Balaban J connectivity index is 2.06. The van der Waals surface area contributed by atoms with Gasteiger partial charge in [-0.15, -0.1) is 0 Å². The molecule has 2 N–H and O–H groups in total. The number of nitrogens with zero attached hydrogens (tertiary/aromatic N) is 2. The maximum absolute atomic E-state index is 12.7. The lowest BCUT2D eigenvalue weighted by atomic mass is 10.1. The summed E-state index contributed by atoms with van der Waals surface area (Å²) in [7, 11) is -3.80. The number of carbonyl (C=O) groups is 2. The second-order valence-electron chi connectivity index (χ2n) is 5.40. The van der Waals surface area contributed by atoms with Crippen molar-refractivity contribution in [2.24, 2.45) is 10.1 Å². The monoisotopic (exact) mass is 357 g/mol. The third-order valence-electron chi connectivity index (χ3n) is 3.76. The van der Waals surface area contributed by atoms with E-state index in [0.717, 1.165) is 4.90 Å². The molecule has 0 saturated carbocycles. The predicted molar refractivity (Wildman–Crippen MR) is 93.2 cm³/mol. The molecular weight excluding hydrogens is 342 g/mol. The number of rotatable bonds is 3. The molecule has 0 unspecified atom stereocenters. The van der Waals surface area contributed by atoms with Crippen LogP contribution in [0, 0.1) is 0 Å². The largest absolute Gasteiger partial charge is 0.284 e. The Morgan fingerprint density at radius 2 is 1.76 bits per heavy atom. The van der Waals surface area contributed by atoms with Crippen molar-refractivity contribution in [1.29, 1.82) is 0 Å². The molecule has 0 aromatic heterocycles. The topological polar surface area (TPSA) is 110 Å². The molecule has 3 rings (SSSR count). The number of hydrogen-bond acceptors (Lipinski definition) is 5. The SMILES string of the molecule is CCC(=O)N1C(=O)C(=Nc2ccc(S(N)(=O)=O)cc2)c2ccccc21. The Kier molecular flexibility index (Phi) is 4.23. The van der Waals surface area contributed by atoms with E-state index in [1.807, 2.05) is 0 Å². The van der Waals surface area contributed by atoms with Crippen LogP contribution in [0.2, 0.25) is 0 Å². The Bertz CT molecular complexity index is 995. The molecule has 1 aliphatic heterocycles. The van der Waals surface area contributed by atoms with Crippen molar-refractivity contribution >= 4 is 38.9 Å². The van der Waals surface area contributed by atoms with Gasteiger partial charge in [-0.3, -0.25) is 9.59 Å². The molecular formula is C17H15N3O4S. The number of sulfonamides is 1. The van der Waals surface area contributed by atoms with Crippen molar-refractivity contribution < 1.29 is 18.0 Å². The summed E-state index contributed by atoms with van der Waals surface area (Å²) in [6.45, 7) is 1.68. The summed E-state index contributed by atoms with van der Waals surface area (Å²) in [6.07, 6.45) is 0.191. The Morgan fingerprint density at radius 3 is 2.36 bits per heavy atom. The standard InChI is InChI=1S/C17H15N3O4S/c1-2-15(21)20-14-6-4-3-5-13(14)16(17(20)22)19-11-7-9-12(10-8-11)25(18,23)24/h3-10H,2H2,1H3,(H2,18,23,24). The Hall–Kier alpha value is -2.84. The number of hydrogen-bond donors (Lipinski definition) is 1. The highest BCUT2D eigenvalue weighted by molar-refractivity contribution is 7.89. The summed E-state index contributed by atoms with van der Waals surface area (Å²) in [4.78, 5) is 30.1. The molecule has 2 aromatic rings. The van der Waals surface area contributed by atoms with Gasteiger partial charge in [0.25, 0.3) is 5.91 Å². The zero-order valence-corrected chi connectivity index (χ0v) is 14.2. The molecule has 0 spiro atoms. The minimum Gasteiger partial charge on any atom is -0.274 e. The first-order valence-corrected chi connectivity index (χ1v) is 9.06. The van der Waals surface area contributed by atoms with Crippen LogP contribution >= 0.6 is 0 Å². The molecule has 8 heteroatoms. The minimum absolute atomic E-state index is 0.0441. The average Bonchev–Trinajstić information content (AvgIpc) is 2.86. The third kappa shape index (κ3) is 3.09. The van der Waals surface area contributed by atoms with E-state index in [0.29, 0.717) is 16.9 Å². The van der Waals surface area contributed by atoms with Crippen LogP contribution in [0.3, 0.4) is 0 Å². The zero-order chi connectivity index (χ0) is 18.2. The zero-order valence-electron chi connectivity index (χ0n) is 13.3.